The van der Waals surface area contributed by atoms with E-state index in [1.54, 1.807) is 0 Å². The molecule has 3 unspecified atom stereocenters. The molecule has 0 aliphatic carbocycles. The van der Waals surface area contributed by atoms with Gasteiger partial charge in [0, 0.05) is 12.8 Å². The number of aliphatic hydroxyl groups is 2. The summed E-state index contributed by atoms with van der Waals surface area (Å²) in [5.74, 6) is -1.01. The Morgan fingerprint density at radius 3 is 1.74 bits per heavy atom. The Balaban J connectivity index is 4.51. The lowest BCUT2D eigenvalue weighted by atomic mass is 10.1. The first kappa shape index (κ1) is 44.7. The number of carbonyl (C=O) groups is 2. The van der Waals surface area contributed by atoms with Crippen molar-refractivity contribution in [2.75, 3.05) is 26.4 Å². The number of rotatable bonds is 31. The van der Waals surface area contributed by atoms with E-state index in [0.29, 0.717) is 19.3 Å². The lowest BCUT2D eigenvalue weighted by Crippen LogP contribution is -2.29. The van der Waals surface area contributed by atoms with Crippen LogP contribution in [0.1, 0.15) is 117 Å². The minimum Gasteiger partial charge on any atom is -0.462 e. The molecule has 47 heavy (non-hydrogen) atoms. The second-order valence-electron chi connectivity index (χ2n) is 11.2. The molecule has 0 aromatic rings. The van der Waals surface area contributed by atoms with E-state index in [4.69, 9.17) is 19.1 Å². The highest BCUT2D eigenvalue weighted by molar-refractivity contribution is 7.47. The van der Waals surface area contributed by atoms with Crippen LogP contribution < -0.4 is 0 Å². The number of hydrogen-bond donors (Lipinski definition) is 3. The van der Waals surface area contributed by atoms with Gasteiger partial charge in [0.1, 0.15) is 12.7 Å². The molecule has 10 nitrogen and oxygen atoms in total. The van der Waals surface area contributed by atoms with E-state index in [-0.39, 0.29) is 19.4 Å². The SMILES string of the molecule is CC/C=C\C/C=C\C/C=C\C/C=C\C/C=C\CCCC(=O)OC(COC(=O)CCCCCCCCC)COP(=O)(O)OCC(O)CO. The minimum atomic E-state index is -4.62. The molecule has 0 radical (unpaired) electrons. The molecule has 270 valence electrons. The summed E-state index contributed by atoms with van der Waals surface area (Å²) in [6.45, 7) is 2.10. The van der Waals surface area contributed by atoms with Gasteiger partial charge < -0.3 is 24.6 Å². The molecular formula is C36H61O10P. The van der Waals surface area contributed by atoms with E-state index in [0.717, 1.165) is 51.4 Å². The van der Waals surface area contributed by atoms with Crippen molar-refractivity contribution in [3.8, 4) is 0 Å². The van der Waals surface area contributed by atoms with Crippen molar-refractivity contribution in [1.82, 2.24) is 0 Å². The summed E-state index contributed by atoms with van der Waals surface area (Å²) < 4.78 is 32.3. The van der Waals surface area contributed by atoms with Gasteiger partial charge in [-0.25, -0.2) is 4.57 Å². The third-order valence-electron chi connectivity index (χ3n) is 6.69. The zero-order chi connectivity index (χ0) is 34.9. The van der Waals surface area contributed by atoms with Gasteiger partial charge in [-0.3, -0.25) is 18.6 Å². The predicted octanol–water partition coefficient (Wildman–Crippen LogP) is 7.99. The van der Waals surface area contributed by atoms with Gasteiger partial charge in [0.2, 0.25) is 0 Å². The molecule has 0 fully saturated rings. The zero-order valence-corrected chi connectivity index (χ0v) is 29.6. The maximum atomic E-state index is 12.5. The molecule has 3 N–H and O–H groups in total. The average molecular weight is 685 g/mol. The van der Waals surface area contributed by atoms with Crippen molar-refractivity contribution in [3.63, 3.8) is 0 Å². The van der Waals surface area contributed by atoms with Gasteiger partial charge in [0.05, 0.1) is 19.8 Å². The molecule has 0 spiro atoms. The van der Waals surface area contributed by atoms with Gasteiger partial charge in [-0.1, -0.05) is 113 Å². The number of esters is 2. The van der Waals surface area contributed by atoms with Crippen LogP contribution in [0.25, 0.3) is 0 Å². The van der Waals surface area contributed by atoms with Crippen LogP contribution in [0.5, 0.6) is 0 Å². The highest BCUT2D eigenvalue weighted by Gasteiger charge is 2.27. The number of phosphoric ester groups is 1. The monoisotopic (exact) mass is 684 g/mol. The van der Waals surface area contributed by atoms with Crippen LogP contribution in [0.3, 0.4) is 0 Å². The van der Waals surface area contributed by atoms with Gasteiger partial charge in [0.15, 0.2) is 6.10 Å². The average Bonchev–Trinajstić information content (AvgIpc) is 3.05. The van der Waals surface area contributed by atoms with Crippen LogP contribution in [-0.4, -0.2) is 65.7 Å². The third-order valence-corrected chi connectivity index (χ3v) is 7.64. The van der Waals surface area contributed by atoms with Gasteiger partial charge in [-0.2, -0.15) is 0 Å². The number of hydrogen-bond acceptors (Lipinski definition) is 9. The molecule has 0 amide bonds. The van der Waals surface area contributed by atoms with E-state index >= 15 is 0 Å². The number of allylic oxidation sites excluding steroid dienone is 10. The largest absolute Gasteiger partial charge is 0.472 e. The molecule has 0 bridgehead atoms. The molecule has 0 rings (SSSR count). The molecule has 0 aromatic heterocycles. The fourth-order valence-electron chi connectivity index (χ4n) is 4.03. The lowest BCUT2D eigenvalue weighted by molar-refractivity contribution is -0.161. The molecule has 0 aliphatic rings. The number of aliphatic hydroxyl groups excluding tert-OH is 2. The summed E-state index contributed by atoms with van der Waals surface area (Å²) in [7, 11) is -4.62. The van der Waals surface area contributed by atoms with Crippen molar-refractivity contribution in [1.29, 1.82) is 0 Å². The van der Waals surface area contributed by atoms with E-state index in [1.807, 2.05) is 12.2 Å². The first-order valence-electron chi connectivity index (χ1n) is 17.2. The molecular weight excluding hydrogens is 623 g/mol. The Hall–Kier alpha value is -2.33. The van der Waals surface area contributed by atoms with E-state index in [2.05, 4.69) is 67.0 Å². The molecule has 3 atom stereocenters. The Bertz CT molecular complexity index is 973. The van der Waals surface area contributed by atoms with Crippen molar-refractivity contribution in [2.24, 2.45) is 0 Å². The van der Waals surface area contributed by atoms with Crippen LogP contribution in [0.4, 0.5) is 0 Å². The standard InChI is InChI=1S/C36H61O10P/c1-3-5-7-9-11-12-13-14-15-16-17-18-19-20-22-24-26-28-36(40)46-34(32-45-47(41,42)44-30-33(38)29-37)31-43-35(39)27-25-23-21-10-8-6-4-2/h5,7,11-12,14-15,17-18,20,22,33-34,37-38H,3-4,6,8-10,13,16,19,21,23-32H2,1-2H3,(H,41,42)/b7-5-,12-11-,15-14-,18-17-,22-20-. The zero-order valence-electron chi connectivity index (χ0n) is 28.7. The van der Waals surface area contributed by atoms with Crippen LogP contribution in [0.2, 0.25) is 0 Å². The molecule has 0 aromatic carbocycles. The molecule has 0 saturated heterocycles. The third kappa shape index (κ3) is 32.0. The predicted molar refractivity (Wildman–Crippen MR) is 187 cm³/mol. The highest BCUT2D eigenvalue weighted by atomic mass is 31.2. The van der Waals surface area contributed by atoms with E-state index in [1.165, 1.54) is 19.3 Å². The molecule has 0 aliphatic heterocycles. The Labute approximate surface area is 283 Å². The molecule has 0 saturated carbocycles. The van der Waals surface area contributed by atoms with Crippen LogP contribution >= 0.6 is 7.82 Å². The number of ether oxygens (including phenoxy) is 2. The number of carbonyl (C=O) groups excluding carboxylic acids is 2. The summed E-state index contributed by atoms with van der Waals surface area (Å²) in [6.07, 6.45) is 32.3. The quantitative estimate of drug-likeness (QED) is 0.0284. The van der Waals surface area contributed by atoms with Crippen molar-refractivity contribution < 1.29 is 47.8 Å². The van der Waals surface area contributed by atoms with Gasteiger partial charge in [-0.05, 0) is 51.4 Å². The van der Waals surface area contributed by atoms with Crippen molar-refractivity contribution in [2.45, 2.75) is 129 Å². The number of phosphoric acid groups is 1. The summed E-state index contributed by atoms with van der Waals surface area (Å²) in [5, 5.41) is 18.2. The van der Waals surface area contributed by atoms with Gasteiger partial charge >= 0.3 is 19.8 Å². The van der Waals surface area contributed by atoms with E-state index in [9.17, 15) is 24.2 Å². The molecule has 0 heterocycles. The Kier molecular flexibility index (Phi) is 30.6. The highest BCUT2D eigenvalue weighted by Crippen LogP contribution is 2.43. The first-order chi connectivity index (χ1) is 22.7. The number of unbranched alkanes of at least 4 members (excludes halogenated alkanes) is 7. The molecule has 11 heteroatoms. The fourth-order valence-corrected chi connectivity index (χ4v) is 4.82. The smallest absolute Gasteiger partial charge is 0.462 e. The Morgan fingerprint density at radius 2 is 1.17 bits per heavy atom. The van der Waals surface area contributed by atoms with Crippen LogP contribution in [-0.2, 0) is 32.7 Å². The minimum absolute atomic E-state index is 0.104. The van der Waals surface area contributed by atoms with Crippen molar-refractivity contribution >= 4 is 19.8 Å². The lowest BCUT2D eigenvalue weighted by Gasteiger charge is -2.20. The summed E-state index contributed by atoms with van der Waals surface area (Å²) >= 11 is 0. The summed E-state index contributed by atoms with van der Waals surface area (Å²) in [5.41, 5.74) is 0. The second kappa shape index (κ2) is 32.2. The topological polar surface area (TPSA) is 149 Å². The van der Waals surface area contributed by atoms with Crippen LogP contribution in [0.15, 0.2) is 60.8 Å². The fraction of sp³-hybridized carbons (Fsp3) is 0.667. The maximum absolute atomic E-state index is 12.5. The normalized spacial score (nSPS) is 14.9. The summed E-state index contributed by atoms with van der Waals surface area (Å²) in [6, 6.07) is 0. The van der Waals surface area contributed by atoms with Crippen LogP contribution in [0, 0.1) is 0 Å². The van der Waals surface area contributed by atoms with Gasteiger partial charge in [-0.15, -0.1) is 0 Å². The van der Waals surface area contributed by atoms with E-state index < -0.39 is 51.8 Å². The maximum Gasteiger partial charge on any atom is 0.472 e. The van der Waals surface area contributed by atoms with Crippen molar-refractivity contribution in [3.05, 3.63) is 60.8 Å². The Morgan fingerprint density at radius 1 is 0.660 bits per heavy atom. The summed E-state index contributed by atoms with van der Waals surface area (Å²) in [4.78, 5) is 34.5. The first-order valence-corrected chi connectivity index (χ1v) is 18.7. The second-order valence-corrected chi connectivity index (χ2v) is 12.6. The van der Waals surface area contributed by atoms with Gasteiger partial charge in [0.25, 0.3) is 0 Å².